The molecule has 0 spiro atoms. The van der Waals surface area contributed by atoms with Crippen molar-refractivity contribution in [3.63, 3.8) is 0 Å². The van der Waals surface area contributed by atoms with Gasteiger partial charge in [0.2, 0.25) is 5.76 Å². The number of aliphatic hydroxyl groups is 1. The Morgan fingerprint density at radius 1 is 1.33 bits per heavy atom. The van der Waals surface area contributed by atoms with E-state index in [-0.39, 0.29) is 11.6 Å². The highest BCUT2D eigenvalue weighted by Gasteiger charge is 2.17. The van der Waals surface area contributed by atoms with Gasteiger partial charge in [-0.15, -0.1) is 0 Å². The molecule has 3 rings (SSSR count). The third kappa shape index (κ3) is 3.41. The molecule has 0 aromatic carbocycles. The van der Waals surface area contributed by atoms with Crippen molar-refractivity contribution < 1.29 is 23.3 Å². The molecule has 2 N–H and O–H groups in total. The van der Waals surface area contributed by atoms with Crippen LogP contribution < -0.4 is 5.32 Å². The molecule has 0 fully saturated rings. The summed E-state index contributed by atoms with van der Waals surface area (Å²) in [5.41, 5.74) is 0.898. The van der Waals surface area contributed by atoms with Gasteiger partial charge in [0.25, 0.3) is 5.91 Å². The van der Waals surface area contributed by atoms with Crippen LogP contribution in [0, 0.1) is 13.8 Å². The van der Waals surface area contributed by atoms with Crippen molar-refractivity contribution in [1.82, 2.24) is 10.5 Å². The van der Waals surface area contributed by atoms with Crippen LogP contribution in [-0.4, -0.2) is 22.7 Å². The molecular weight excluding hydrogens is 312 g/mol. The second kappa shape index (κ2) is 6.76. The molecule has 0 saturated heterocycles. The van der Waals surface area contributed by atoms with Gasteiger partial charge in [-0.25, -0.2) is 0 Å². The highest BCUT2D eigenvalue weighted by Crippen LogP contribution is 2.24. The molecule has 1 amide bonds. The van der Waals surface area contributed by atoms with Crippen LogP contribution in [0.5, 0.6) is 0 Å². The summed E-state index contributed by atoms with van der Waals surface area (Å²) in [6.07, 6.45) is 1.19. The van der Waals surface area contributed by atoms with Crippen molar-refractivity contribution in [1.29, 1.82) is 0 Å². The minimum Gasteiger partial charge on any atom is -0.466 e. The monoisotopic (exact) mass is 330 g/mol. The summed E-state index contributed by atoms with van der Waals surface area (Å²) in [6, 6.07) is 6.75. The zero-order valence-electron chi connectivity index (χ0n) is 13.4. The van der Waals surface area contributed by atoms with Crippen LogP contribution in [0.15, 0.2) is 43.9 Å². The van der Waals surface area contributed by atoms with Gasteiger partial charge in [-0.1, -0.05) is 5.16 Å². The summed E-state index contributed by atoms with van der Waals surface area (Å²) in [6.45, 7) is 3.93. The van der Waals surface area contributed by atoms with Crippen LogP contribution in [0.1, 0.15) is 40.1 Å². The SMILES string of the molecule is Cc1cc([C@H](O)CCNC(=O)c2cc(-c3ccco3)on2)c(C)o1. The minimum absolute atomic E-state index is 0.159. The topological polar surface area (TPSA) is 102 Å². The lowest BCUT2D eigenvalue weighted by Gasteiger charge is -2.09. The molecule has 0 bridgehead atoms. The first-order valence-electron chi connectivity index (χ1n) is 7.58. The number of hydrogen-bond acceptors (Lipinski definition) is 6. The minimum atomic E-state index is -0.696. The van der Waals surface area contributed by atoms with Crippen molar-refractivity contribution in [2.24, 2.45) is 0 Å². The number of rotatable bonds is 6. The predicted octanol–water partition coefficient (Wildman–Crippen LogP) is 3.00. The standard InChI is InChI=1S/C17H18N2O5/c1-10-8-12(11(2)23-10)14(20)5-6-18-17(21)13-9-16(24-19-13)15-4-3-7-22-15/h3-4,7-9,14,20H,5-6H2,1-2H3,(H,18,21)/t14-/m1/s1. The first kappa shape index (κ1) is 16.1. The van der Waals surface area contributed by atoms with E-state index in [0.29, 0.717) is 30.2 Å². The Labute approximate surface area is 138 Å². The van der Waals surface area contributed by atoms with E-state index < -0.39 is 6.10 Å². The van der Waals surface area contributed by atoms with E-state index >= 15 is 0 Å². The number of nitrogens with zero attached hydrogens (tertiary/aromatic N) is 1. The summed E-state index contributed by atoms with van der Waals surface area (Å²) in [4.78, 5) is 12.1. The maximum absolute atomic E-state index is 12.1. The van der Waals surface area contributed by atoms with Gasteiger partial charge in [0, 0.05) is 18.2 Å². The quantitative estimate of drug-likeness (QED) is 0.720. The van der Waals surface area contributed by atoms with Gasteiger partial charge in [0.15, 0.2) is 11.5 Å². The van der Waals surface area contributed by atoms with Gasteiger partial charge in [-0.2, -0.15) is 0 Å². The number of aryl methyl sites for hydroxylation is 2. The molecule has 0 aliphatic carbocycles. The van der Waals surface area contributed by atoms with Crippen LogP contribution in [0.4, 0.5) is 0 Å². The highest BCUT2D eigenvalue weighted by atomic mass is 16.5. The molecule has 24 heavy (non-hydrogen) atoms. The number of carbonyl (C=O) groups excluding carboxylic acids is 1. The Morgan fingerprint density at radius 2 is 2.17 bits per heavy atom. The third-order valence-corrected chi connectivity index (χ3v) is 3.65. The molecule has 0 aliphatic rings. The molecule has 0 unspecified atom stereocenters. The maximum Gasteiger partial charge on any atom is 0.273 e. The lowest BCUT2D eigenvalue weighted by atomic mass is 10.1. The van der Waals surface area contributed by atoms with E-state index in [2.05, 4.69) is 10.5 Å². The van der Waals surface area contributed by atoms with E-state index in [4.69, 9.17) is 13.4 Å². The Bertz CT molecular complexity index is 816. The summed E-state index contributed by atoms with van der Waals surface area (Å²) >= 11 is 0. The summed E-state index contributed by atoms with van der Waals surface area (Å²) < 4.78 is 15.7. The number of hydrogen-bond donors (Lipinski definition) is 2. The highest BCUT2D eigenvalue weighted by molar-refractivity contribution is 5.92. The van der Waals surface area contributed by atoms with Crippen molar-refractivity contribution in [3.05, 3.63) is 53.3 Å². The Kier molecular flexibility index (Phi) is 4.52. The summed E-state index contributed by atoms with van der Waals surface area (Å²) in [7, 11) is 0. The van der Waals surface area contributed by atoms with Crippen LogP contribution >= 0.6 is 0 Å². The molecule has 7 nitrogen and oxygen atoms in total. The van der Waals surface area contributed by atoms with Crippen molar-refractivity contribution in [2.75, 3.05) is 6.54 Å². The van der Waals surface area contributed by atoms with Crippen LogP contribution in [0.3, 0.4) is 0 Å². The first-order valence-corrected chi connectivity index (χ1v) is 7.58. The van der Waals surface area contributed by atoms with E-state index in [1.165, 1.54) is 12.3 Å². The molecule has 3 aromatic rings. The molecule has 3 heterocycles. The Hall–Kier alpha value is -2.80. The molecule has 0 radical (unpaired) electrons. The molecule has 3 aromatic heterocycles. The molecular formula is C17H18N2O5. The summed E-state index contributed by atoms with van der Waals surface area (Å²) in [5, 5.41) is 16.6. The number of carbonyl (C=O) groups is 1. The second-order valence-corrected chi connectivity index (χ2v) is 5.48. The number of amides is 1. The lowest BCUT2D eigenvalue weighted by molar-refractivity contribution is 0.0933. The third-order valence-electron chi connectivity index (χ3n) is 3.65. The smallest absolute Gasteiger partial charge is 0.273 e. The maximum atomic E-state index is 12.1. The normalized spacial score (nSPS) is 12.3. The van der Waals surface area contributed by atoms with Gasteiger partial charge >= 0.3 is 0 Å². The van der Waals surface area contributed by atoms with E-state index in [0.717, 1.165) is 11.3 Å². The largest absolute Gasteiger partial charge is 0.466 e. The van der Waals surface area contributed by atoms with Crippen LogP contribution in [0.25, 0.3) is 11.5 Å². The Balaban J connectivity index is 1.53. The van der Waals surface area contributed by atoms with Gasteiger partial charge in [-0.05, 0) is 38.5 Å². The van der Waals surface area contributed by atoms with Gasteiger partial charge < -0.3 is 23.8 Å². The number of aromatic nitrogens is 1. The molecule has 1 atom stereocenters. The zero-order valence-corrected chi connectivity index (χ0v) is 13.4. The summed E-state index contributed by atoms with van der Waals surface area (Å²) in [5.74, 6) is 1.95. The van der Waals surface area contributed by atoms with Gasteiger partial charge in [0.1, 0.15) is 11.5 Å². The fraction of sp³-hybridized carbons (Fsp3) is 0.294. The van der Waals surface area contributed by atoms with E-state index in [1.54, 1.807) is 25.1 Å². The fourth-order valence-electron chi connectivity index (χ4n) is 2.47. The van der Waals surface area contributed by atoms with Crippen molar-refractivity contribution >= 4 is 5.91 Å². The van der Waals surface area contributed by atoms with E-state index in [9.17, 15) is 9.90 Å². The second-order valence-electron chi connectivity index (χ2n) is 5.48. The van der Waals surface area contributed by atoms with E-state index in [1.807, 2.05) is 6.92 Å². The average molecular weight is 330 g/mol. The molecule has 7 heteroatoms. The fourth-order valence-corrected chi connectivity index (χ4v) is 2.47. The lowest BCUT2D eigenvalue weighted by Crippen LogP contribution is -2.25. The molecule has 0 saturated carbocycles. The van der Waals surface area contributed by atoms with Gasteiger partial charge in [0.05, 0.1) is 12.4 Å². The number of furan rings is 2. The Morgan fingerprint density at radius 3 is 2.83 bits per heavy atom. The zero-order chi connectivity index (χ0) is 17.1. The van der Waals surface area contributed by atoms with Crippen LogP contribution in [0.2, 0.25) is 0 Å². The molecule has 0 aliphatic heterocycles. The van der Waals surface area contributed by atoms with Crippen LogP contribution in [-0.2, 0) is 0 Å². The average Bonchev–Trinajstić information content (AvgIpc) is 3.26. The van der Waals surface area contributed by atoms with Crippen molar-refractivity contribution in [3.8, 4) is 11.5 Å². The number of aliphatic hydroxyl groups excluding tert-OH is 1. The predicted molar refractivity (Wildman–Crippen MR) is 84.3 cm³/mol. The van der Waals surface area contributed by atoms with Gasteiger partial charge in [-0.3, -0.25) is 4.79 Å². The number of nitrogens with one attached hydrogen (secondary N) is 1. The first-order chi connectivity index (χ1) is 11.5. The molecule has 126 valence electrons. The van der Waals surface area contributed by atoms with Crippen molar-refractivity contribution in [2.45, 2.75) is 26.4 Å².